The van der Waals surface area contributed by atoms with Crippen LogP contribution in [0.5, 0.6) is 0 Å². The van der Waals surface area contributed by atoms with Crippen LogP contribution < -0.4 is 5.73 Å². The molecule has 0 saturated heterocycles. The Labute approximate surface area is 145 Å². The second-order valence-corrected chi connectivity index (χ2v) is 6.43. The third kappa shape index (κ3) is 7.16. The fraction of sp³-hybridized carbons (Fsp3) is 0.600. The van der Waals surface area contributed by atoms with E-state index in [9.17, 15) is 14.7 Å². The van der Waals surface area contributed by atoms with Gasteiger partial charge in [0.25, 0.3) is 0 Å². The summed E-state index contributed by atoms with van der Waals surface area (Å²) in [5.41, 5.74) is 6.49. The Kier molecular flexibility index (Phi) is 9.81. The van der Waals surface area contributed by atoms with E-state index in [0.717, 1.165) is 19.3 Å². The van der Waals surface area contributed by atoms with Crippen molar-refractivity contribution >= 4 is 11.9 Å². The summed E-state index contributed by atoms with van der Waals surface area (Å²) >= 11 is 0. The Balaban J connectivity index is 2.34. The highest BCUT2D eigenvalue weighted by atomic mass is 16.4. The van der Waals surface area contributed by atoms with Crippen LogP contribution >= 0.6 is 0 Å². The largest absolute Gasteiger partial charge is 0.478 e. The van der Waals surface area contributed by atoms with E-state index in [4.69, 9.17) is 5.73 Å². The van der Waals surface area contributed by atoms with E-state index < -0.39 is 11.9 Å². The molecule has 0 aliphatic rings. The van der Waals surface area contributed by atoms with Gasteiger partial charge >= 0.3 is 5.97 Å². The quantitative estimate of drug-likeness (QED) is 0.501. The lowest BCUT2D eigenvalue weighted by atomic mass is 9.95. The van der Waals surface area contributed by atoms with Gasteiger partial charge in [0, 0.05) is 5.56 Å². The van der Waals surface area contributed by atoms with Gasteiger partial charge < -0.3 is 10.8 Å². The van der Waals surface area contributed by atoms with Gasteiger partial charge in [0.05, 0.1) is 5.56 Å². The van der Waals surface area contributed by atoms with E-state index in [1.165, 1.54) is 44.9 Å². The van der Waals surface area contributed by atoms with Gasteiger partial charge in [-0.25, -0.2) is 4.79 Å². The van der Waals surface area contributed by atoms with Gasteiger partial charge in [-0.3, -0.25) is 4.79 Å². The fourth-order valence-electron chi connectivity index (χ4n) is 3.08. The number of hydrogen-bond donors (Lipinski definition) is 2. The number of carboxylic acids is 1. The van der Waals surface area contributed by atoms with Crippen molar-refractivity contribution in [2.45, 2.75) is 77.6 Å². The number of rotatable bonds is 13. The van der Waals surface area contributed by atoms with Crippen molar-refractivity contribution in [1.29, 1.82) is 0 Å². The molecule has 3 N–H and O–H groups in total. The van der Waals surface area contributed by atoms with E-state index >= 15 is 0 Å². The molecule has 1 aromatic rings. The third-order valence-electron chi connectivity index (χ3n) is 4.45. The molecule has 0 radical (unpaired) electrons. The molecule has 4 heteroatoms. The highest BCUT2D eigenvalue weighted by Gasteiger charge is 2.16. The van der Waals surface area contributed by atoms with Gasteiger partial charge in [-0.2, -0.15) is 0 Å². The van der Waals surface area contributed by atoms with E-state index in [-0.39, 0.29) is 5.56 Å². The van der Waals surface area contributed by atoms with Crippen LogP contribution in [0.2, 0.25) is 0 Å². The molecule has 0 heterocycles. The Morgan fingerprint density at radius 3 is 1.88 bits per heavy atom. The molecular formula is C20H31NO3. The van der Waals surface area contributed by atoms with Crippen LogP contribution in [0.1, 0.15) is 97.4 Å². The number of carbonyl (C=O) groups excluding carboxylic acids is 1. The predicted molar refractivity (Wildman–Crippen MR) is 97.5 cm³/mol. The van der Waals surface area contributed by atoms with E-state index in [0.29, 0.717) is 17.5 Å². The van der Waals surface area contributed by atoms with Crippen molar-refractivity contribution < 1.29 is 14.7 Å². The maximum atomic E-state index is 11.5. The first-order valence-corrected chi connectivity index (χ1v) is 9.23. The number of carboxylic acid groups (broad SMARTS) is 1. The van der Waals surface area contributed by atoms with Crippen LogP contribution in [0.3, 0.4) is 0 Å². The van der Waals surface area contributed by atoms with Crippen molar-refractivity contribution in [1.82, 2.24) is 0 Å². The van der Waals surface area contributed by atoms with Crippen molar-refractivity contribution in [3.63, 3.8) is 0 Å². The zero-order valence-corrected chi connectivity index (χ0v) is 14.9. The number of aromatic carboxylic acids is 1. The lowest BCUT2D eigenvalue weighted by Crippen LogP contribution is -2.16. The first-order valence-electron chi connectivity index (χ1n) is 9.23. The molecule has 24 heavy (non-hydrogen) atoms. The van der Waals surface area contributed by atoms with Crippen molar-refractivity contribution in [2.24, 2.45) is 5.73 Å². The zero-order chi connectivity index (χ0) is 17.8. The summed E-state index contributed by atoms with van der Waals surface area (Å²) in [4.78, 5) is 22.8. The third-order valence-corrected chi connectivity index (χ3v) is 4.45. The van der Waals surface area contributed by atoms with E-state index in [2.05, 4.69) is 6.92 Å². The van der Waals surface area contributed by atoms with Crippen molar-refractivity contribution in [2.75, 3.05) is 0 Å². The summed E-state index contributed by atoms with van der Waals surface area (Å²) in [5, 5.41) is 9.28. The minimum absolute atomic E-state index is 0.197. The van der Waals surface area contributed by atoms with Crippen LogP contribution in [0.4, 0.5) is 0 Å². The lowest BCUT2D eigenvalue weighted by Gasteiger charge is -2.10. The second kappa shape index (κ2) is 11.7. The van der Waals surface area contributed by atoms with Gasteiger partial charge in [-0.1, -0.05) is 70.8 Å². The van der Waals surface area contributed by atoms with Gasteiger partial charge in [0.1, 0.15) is 0 Å². The van der Waals surface area contributed by atoms with Crippen LogP contribution in [-0.2, 0) is 6.42 Å². The first kappa shape index (κ1) is 20.2. The normalized spacial score (nSPS) is 10.7. The van der Waals surface area contributed by atoms with Crippen molar-refractivity contribution in [3.8, 4) is 0 Å². The number of nitrogens with two attached hydrogens (primary N) is 1. The molecule has 0 bridgehead atoms. The number of carbonyl (C=O) groups is 2. The molecule has 1 amide bonds. The summed E-state index contributed by atoms with van der Waals surface area (Å²) in [6.45, 7) is 2.23. The van der Waals surface area contributed by atoms with E-state index in [1.807, 2.05) is 0 Å². The van der Waals surface area contributed by atoms with E-state index in [1.54, 1.807) is 18.2 Å². The Bertz CT molecular complexity index is 493. The molecule has 0 aliphatic heterocycles. The molecule has 0 fully saturated rings. The maximum absolute atomic E-state index is 11.5. The molecule has 0 spiro atoms. The highest BCUT2D eigenvalue weighted by Crippen LogP contribution is 2.19. The average Bonchev–Trinajstić information content (AvgIpc) is 2.56. The molecule has 1 aromatic carbocycles. The smallest absolute Gasteiger partial charge is 0.335 e. The van der Waals surface area contributed by atoms with Gasteiger partial charge in [-0.15, -0.1) is 0 Å². The Morgan fingerprint density at radius 2 is 1.38 bits per heavy atom. The highest BCUT2D eigenvalue weighted by molar-refractivity contribution is 5.99. The van der Waals surface area contributed by atoms with Crippen molar-refractivity contribution in [3.05, 3.63) is 34.9 Å². The summed E-state index contributed by atoms with van der Waals surface area (Å²) in [6.07, 6.45) is 12.8. The predicted octanol–water partition coefficient (Wildman–Crippen LogP) is 4.95. The second-order valence-electron chi connectivity index (χ2n) is 6.43. The number of unbranched alkanes of at least 4 members (excludes halogenated alkanes) is 9. The molecular weight excluding hydrogens is 302 g/mol. The Hall–Kier alpha value is -1.84. The maximum Gasteiger partial charge on any atom is 0.335 e. The van der Waals surface area contributed by atoms with Crippen LogP contribution in [-0.4, -0.2) is 17.0 Å². The zero-order valence-electron chi connectivity index (χ0n) is 14.9. The van der Waals surface area contributed by atoms with Crippen LogP contribution in [0, 0.1) is 0 Å². The summed E-state index contributed by atoms with van der Waals surface area (Å²) in [6, 6.07) is 4.73. The topological polar surface area (TPSA) is 80.4 Å². The molecule has 0 atom stereocenters. The molecule has 134 valence electrons. The summed E-state index contributed by atoms with van der Waals surface area (Å²) in [5.74, 6) is -1.56. The van der Waals surface area contributed by atoms with Gasteiger partial charge in [0.2, 0.25) is 5.91 Å². The molecule has 0 aromatic heterocycles. The van der Waals surface area contributed by atoms with Crippen LogP contribution in [0.25, 0.3) is 0 Å². The first-order chi connectivity index (χ1) is 11.6. The molecule has 4 nitrogen and oxygen atoms in total. The fourth-order valence-corrected chi connectivity index (χ4v) is 3.08. The van der Waals surface area contributed by atoms with Gasteiger partial charge in [-0.05, 0) is 30.5 Å². The minimum atomic E-state index is -1.000. The molecule has 1 rings (SSSR count). The Morgan fingerprint density at radius 1 is 0.875 bits per heavy atom. The molecule has 0 aliphatic carbocycles. The SMILES string of the molecule is CCCCCCCCCCCCc1c(C(N)=O)cccc1C(=O)O. The standard InChI is InChI=1S/C20H31NO3/c1-2-3-4-5-6-7-8-9-10-11-13-16-17(19(21)22)14-12-15-18(16)20(23)24/h12,14-15H,2-11,13H2,1H3,(H2,21,22)(H,23,24). The average molecular weight is 333 g/mol. The molecule has 0 unspecified atom stereocenters. The van der Waals surface area contributed by atoms with Crippen LogP contribution in [0.15, 0.2) is 18.2 Å². The number of benzene rings is 1. The summed E-state index contributed by atoms with van der Waals surface area (Å²) in [7, 11) is 0. The number of hydrogen-bond acceptors (Lipinski definition) is 2. The monoisotopic (exact) mass is 333 g/mol. The number of primary amides is 1. The molecule has 0 saturated carbocycles. The summed E-state index contributed by atoms with van der Waals surface area (Å²) < 4.78 is 0. The lowest BCUT2D eigenvalue weighted by molar-refractivity contribution is 0.0695. The minimum Gasteiger partial charge on any atom is -0.478 e. The van der Waals surface area contributed by atoms with Gasteiger partial charge in [0.15, 0.2) is 0 Å². The number of amides is 1.